The molecule has 1 aromatic carbocycles. The number of halogens is 1. The van der Waals surface area contributed by atoms with Crippen LogP contribution in [0.3, 0.4) is 0 Å². The van der Waals surface area contributed by atoms with Crippen molar-refractivity contribution in [3.63, 3.8) is 0 Å². The molecular weight excluding hydrogens is 270 g/mol. The molecule has 0 radical (unpaired) electrons. The van der Waals surface area contributed by atoms with Crippen LogP contribution in [0.25, 0.3) is 0 Å². The van der Waals surface area contributed by atoms with Crippen LogP contribution in [0.4, 0.5) is 5.88 Å². The summed E-state index contributed by atoms with van der Waals surface area (Å²) < 4.78 is 6.44. The van der Waals surface area contributed by atoms with E-state index in [2.05, 4.69) is 10.6 Å². The van der Waals surface area contributed by atoms with E-state index in [9.17, 15) is 9.90 Å². The maximum Gasteiger partial charge on any atom is 0.308 e. The molecule has 6 nitrogen and oxygen atoms in total. The van der Waals surface area contributed by atoms with Gasteiger partial charge in [0.1, 0.15) is 6.61 Å². The minimum atomic E-state index is -0.302. The van der Waals surface area contributed by atoms with E-state index in [1.807, 2.05) is 18.2 Å². The summed E-state index contributed by atoms with van der Waals surface area (Å²) in [5.74, 6) is -0.155. The summed E-state index contributed by atoms with van der Waals surface area (Å²) >= 11 is 6.06. The van der Waals surface area contributed by atoms with Crippen molar-refractivity contribution in [2.24, 2.45) is 0 Å². The van der Waals surface area contributed by atoms with Crippen LogP contribution in [0.5, 0.6) is 0 Å². The van der Waals surface area contributed by atoms with Crippen LogP contribution in [0.15, 0.2) is 28.8 Å². The number of benzene rings is 1. The maximum atomic E-state index is 11.0. The highest BCUT2D eigenvalue weighted by Crippen LogP contribution is 2.16. The van der Waals surface area contributed by atoms with E-state index in [1.165, 1.54) is 11.6 Å². The van der Waals surface area contributed by atoms with Crippen LogP contribution in [-0.4, -0.2) is 16.3 Å². The average Bonchev–Trinajstić information content (AvgIpc) is 2.73. The molecule has 0 saturated heterocycles. The smallest absolute Gasteiger partial charge is 0.308 e. The van der Waals surface area contributed by atoms with Crippen LogP contribution >= 0.6 is 11.6 Å². The minimum absolute atomic E-state index is 0.141. The molecule has 0 aliphatic heterocycles. The molecule has 2 rings (SSSR count). The number of rotatable bonds is 4. The fourth-order valence-electron chi connectivity index (χ4n) is 1.63. The number of nitrogens with zero attached hydrogens (tertiary/aromatic N) is 2. The van der Waals surface area contributed by atoms with Crippen LogP contribution in [0.1, 0.15) is 18.2 Å². The van der Waals surface area contributed by atoms with Gasteiger partial charge in [0, 0.05) is 12.5 Å². The maximum absolute atomic E-state index is 11.0. The number of aliphatic hydroxyl groups excluding tert-OH is 1. The average molecular weight is 283 g/mol. The Morgan fingerprint density at radius 1 is 1.53 bits per heavy atom. The van der Waals surface area contributed by atoms with Crippen molar-refractivity contribution in [2.45, 2.75) is 20.1 Å². The van der Waals surface area contributed by atoms with Gasteiger partial charge in [-0.05, 0) is 10.7 Å². The number of carbonyl (C=O) groups excluding carboxylic acids is 1. The second kappa shape index (κ2) is 5.81. The van der Waals surface area contributed by atoms with Crippen LogP contribution in [-0.2, 0) is 17.9 Å². The number of nitrogens with one attached hydrogen (secondary N) is 1. The lowest BCUT2D eigenvalue weighted by atomic mass is 10.2. The Labute approximate surface area is 114 Å². The van der Waals surface area contributed by atoms with E-state index < -0.39 is 0 Å². The van der Waals surface area contributed by atoms with E-state index in [0.29, 0.717) is 17.3 Å². The predicted molar refractivity (Wildman–Crippen MR) is 67.5 cm³/mol. The molecule has 0 aliphatic rings. The van der Waals surface area contributed by atoms with Gasteiger partial charge in [-0.1, -0.05) is 29.8 Å². The summed E-state index contributed by atoms with van der Waals surface area (Å²) in [6, 6.07) is 7.30. The zero-order valence-corrected chi connectivity index (χ0v) is 11.0. The van der Waals surface area contributed by atoms with Crippen molar-refractivity contribution in [1.29, 1.82) is 0 Å². The van der Waals surface area contributed by atoms with Crippen LogP contribution in [0, 0.1) is 0 Å². The topological polar surface area (TPSA) is 79.2 Å². The van der Waals surface area contributed by atoms with Gasteiger partial charge in [0.2, 0.25) is 17.7 Å². The van der Waals surface area contributed by atoms with E-state index in [0.717, 1.165) is 5.56 Å². The summed E-state index contributed by atoms with van der Waals surface area (Å²) in [5.41, 5.74) is 1.22. The number of aromatic nitrogens is 2. The van der Waals surface area contributed by atoms with Gasteiger partial charge >= 0.3 is 5.88 Å². The van der Waals surface area contributed by atoms with Gasteiger partial charge in [-0.25, -0.2) is 0 Å². The van der Waals surface area contributed by atoms with Crippen molar-refractivity contribution in [3.8, 4) is 0 Å². The van der Waals surface area contributed by atoms with Gasteiger partial charge < -0.3 is 5.11 Å². The van der Waals surface area contributed by atoms with Gasteiger partial charge in [0.05, 0.1) is 5.02 Å². The third-order valence-electron chi connectivity index (χ3n) is 2.52. The van der Waals surface area contributed by atoms with Gasteiger partial charge in [0.25, 0.3) is 5.69 Å². The van der Waals surface area contributed by atoms with Crippen molar-refractivity contribution >= 4 is 23.4 Å². The molecule has 100 valence electrons. The zero-order chi connectivity index (χ0) is 13.8. The van der Waals surface area contributed by atoms with Gasteiger partial charge in [-0.15, -0.1) is 0 Å². The van der Waals surface area contributed by atoms with Gasteiger partial charge in [-0.2, -0.15) is 0 Å². The number of hydrogen-bond donors (Lipinski definition) is 2. The molecule has 1 amide bonds. The molecule has 0 saturated carbocycles. The second-order valence-electron chi connectivity index (χ2n) is 3.94. The summed E-state index contributed by atoms with van der Waals surface area (Å²) in [7, 11) is 0. The number of hydrogen-bond acceptors (Lipinski definition) is 4. The number of amides is 1. The summed E-state index contributed by atoms with van der Waals surface area (Å²) in [6.07, 6.45) is 0. The zero-order valence-electron chi connectivity index (χ0n) is 10.3. The molecule has 0 fully saturated rings. The first-order valence-electron chi connectivity index (χ1n) is 5.62. The molecule has 19 heavy (non-hydrogen) atoms. The molecule has 7 heteroatoms. The monoisotopic (exact) mass is 282 g/mol. The molecule has 1 heterocycles. The Hall–Kier alpha value is -1.92. The molecule has 2 N–H and O–H groups in total. The molecule has 0 bridgehead atoms. The molecule has 0 unspecified atom stereocenters. The number of aliphatic hydroxyl groups is 1. The van der Waals surface area contributed by atoms with Crippen molar-refractivity contribution in [1.82, 2.24) is 5.27 Å². The first-order valence-corrected chi connectivity index (χ1v) is 6.00. The fraction of sp³-hybridized carbons (Fsp3) is 0.250. The lowest BCUT2D eigenvalue weighted by Crippen LogP contribution is -2.40. The Kier molecular flexibility index (Phi) is 4.13. The normalized spacial score (nSPS) is 10.5. The first kappa shape index (κ1) is 13.5. The Morgan fingerprint density at radius 2 is 2.26 bits per heavy atom. The Morgan fingerprint density at radius 3 is 2.89 bits per heavy atom. The molecule has 0 aliphatic carbocycles. The van der Waals surface area contributed by atoms with Crippen LogP contribution < -0.4 is 10.00 Å². The van der Waals surface area contributed by atoms with Gasteiger partial charge in [0.15, 0.2) is 0 Å². The third kappa shape index (κ3) is 3.10. The quantitative estimate of drug-likeness (QED) is 0.824. The molecule has 0 spiro atoms. The van der Waals surface area contributed by atoms with Crippen LogP contribution in [0.2, 0.25) is 5.02 Å². The largest absolute Gasteiger partial charge is 0.385 e. The highest BCUT2D eigenvalue weighted by molar-refractivity contribution is 6.31. The van der Waals surface area contributed by atoms with Gasteiger partial charge in [-0.3, -0.25) is 14.6 Å². The Bertz CT molecular complexity index is 598. The molecule has 0 atom stereocenters. The van der Waals surface area contributed by atoms with Crippen molar-refractivity contribution in [3.05, 3.63) is 40.5 Å². The lowest BCUT2D eigenvalue weighted by Gasteiger charge is -1.98. The Balaban J connectivity index is 2.28. The highest BCUT2D eigenvalue weighted by atomic mass is 35.5. The molecular formula is C12H13ClN3O3+. The lowest BCUT2D eigenvalue weighted by molar-refractivity contribution is -0.762. The summed E-state index contributed by atoms with van der Waals surface area (Å²) in [4.78, 5) is 11.0. The van der Waals surface area contributed by atoms with Crippen molar-refractivity contribution < 1.29 is 19.1 Å². The standard InChI is InChI=1S/C12H12ClN3O3/c1-8(18)14-12-11(7-17)16(15-19-12)6-9-4-2-3-5-10(9)13/h2-5,17H,6-7H2,1H3/p+1. The van der Waals surface area contributed by atoms with Crippen molar-refractivity contribution in [2.75, 3.05) is 5.32 Å². The molecule has 2 aromatic rings. The third-order valence-corrected chi connectivity index (χ3v) is 2.89. The van der Waals surface area contributed by atoms with E-state index >= 15 is 0 Å². The predicted octanol–water partition coefficient (Wildman–Crippen LogP) is 1.11. The van der Waals surface area contributed by atoms with E-state index in [1.54, 1.807) is 6.07 Å². The SMILES string of the molecule is CC(=O)Nc1on[n+](Cc2ccccc2Cl)c1CO. The summed E-state index contributed by atoms with van der Waals surface area (Å²) in [5, 5.41) is 16.2. The number of carbonyl (C=O) groups is 1. The van der Waals surface area contributed by atoms with E-state index in [-0.39, 0.29) is 18.4 Å². The fourth-order valence-corrected chi connectivity index (χ4v) is 1.83. The molecule has 1 aromatic heterocycles. The highest BCUT2D eigenvalue weighted by Gasteiger charge is 2.25. The number of anilines is 1. The minimum Gasteiger partial charge on any atom is -0.385 e. The second-order valence-corrected chi connectivity index (χ2v) is 4.34. The first-order chi connectivity index (χ1) is 9.11. The summed E-state index contributed by atoms with van der Waals surface area (Å²) in [6.45, 7) is 1.39. The van der Waals surface area contributed by atoms with E-state index in [4.69, 9.17) is 16.1 Å².